The summed E-state index contributed by atoms with van der Waals surface area (Å²) >= 11 is 1.57. The first-order valence-corrected chi connectivity index (χ1v) is 9.73. The van der Waals surface area contributed by atoms with Crippen LogP contribution in [0.5, 0.6) is 0 Å². The SMILES string of the molecule is CN(C)C[C]1[CH][CH][CH][C]1c1ccc(C(=O)c2ccccc2)s1.[CH]1[CH][CH][CH][CH]1.[Fe+2]. The molecule has 1 aromatic heterocycles. The van der Waals surface area contributed by atoms with Gasteiger partial charge in [0.2, 0.25) is 5.78 Å². The maximum atomic E-state index is 12.5. The number of benzene rings is 1. The van der Waals surface area contributed by atoms with Crippen LogP contribution in [-0.4, -0.2) is 31.3 Å². The predicted molar refractivity (Wildman–Crippen MR) is 113 cm³/mol. The number of ketones is 1. The summed E-state index contributed by atoms with van der Waals surface area (Å²) in [5.41, 5.74) is 0.743. The Morgan fingerprint density at radius 1 is 0.857 bits per heavy atom. The Kier molecular flexibility index (Phi) is 9.94. The molecule has 0 atom stereocenters. The fraction of sp³-hybridized carbons (Fsp3) is 0.125. The summed E-state index contributed by atoms with van der Waals surface area (Å²) in [4.78, 5) is 16.6. The van der Waals surface area contributed by atoms with Crippen molar-refractivity contribution in [3.05, 3.63) is 121 Å². The van der Waals surface area contributed by atoms with E-state index in [2.05, 4.69) is 44.3 Å². The third-order valence-corrected chi connectivity index (χ3v) is 5.20. The van der Waals surface area contributed by atoms with E-state index in [4.69, 9.17) is 0 Å². The molecule has 2 aliphatic rings. The molecule has 10 radical (unpaired) electrons. The van der Waals surface area contributed by atoms with Gasteiger partial charge in [-0.15, -0.1) is 11.3 Å². The van der Waals surface area contributed by atoms with Crippen molar-refractivity contribution in [1.82, 2.24) is 4.90 Å². The molecule has 0 amide bonds. The number of rotatable bonds is 5. The largest absolute Gasteiger partial charge is 2.00 e. The van der Waals surface area contributed by atoms with Gasteiger partial charge in [0, 0.05) is 28.8 Å². The van der Waals surface area contributed by atoms with Crippen molar-refractivity contribution >= 4 is 17.1 Å². The molecule has 4 rings (SSSR count). The number of thiophene rings is 1. The van der Waals surface area contributed by atoms with Crippen molar-refractivity contribution in [2.45, 2.75) is 0 Å². The quantitative estimate of drug-likeness (QED) is 0.508. The second-order valence-corrected chi connectivity index (χ2v) is 7.61. The Morgan fingerprint density at radius 3 is 2.11 bits per heavy atom. The summed E-state index contributed by atoms with van der Waals surface area (Å²) in [6.07, 6.45) is 16.3. The van der Waals surface area contributed by atoms with Crippen LogP contribution in [-0.2, 0) is 17.1 Å². The summed E-state index contributed by atoms with van der Waals surface area (Å²) in [6.45, 7) is 0.905. The average molecular weight is 429 g/mol. The first kappa shape index (κ1) is 23.3. The van der Waals surface area contributed by atoms with Gasteiger partial charge in [0.1, 0.15) is 0 Å². The van der Waals surface area contributed by atoms with E-state index in [0.717, 1.165) is 21.9 Å². The van der Waals surface area contributed by atoms with Crippen LogP contribution >= 0.6 is 11.3 Å². The Bertz CT molecular complexity index is 701. The van der Waals surface area contributed by atoms with Crippen molar-refractivity contribution in [1.29, 1.82) is 0 Å². The van der Waals surface area contributed by atoms with Gasteiger partial charge in [-0.1, -0.05) is 30.3 Å². The van der Waals surface area contributed by atoms with E-state index in [0.29, 0.717) is 0 Å². The zero-order valence-electron chi connectivity index (χ0n) is 16.0. The zero-order chi connectivity index (χ0) is 19.1. The van der Waals surface area contributed by atoms with Crippen LogP contribution in [0.2, 0.25) is 0 Å². The van der Waals surface area contributed by atoms with Gasteiger partial charge in [-0.3, -0.25) is 4.79 Å². The predicted octanol–water partition coefficient (Wildman–Crippen LogP) is 4.68. The van der Waals surface area contributed by atoms with E-state index >= 15 is 0 Å². The van der Waals surface area contributed by atoms with Gasteiger partial charge in [0.05, 0.1) is 4.88 Å². The third-order valence-electron chi connectivity index (χ3n) is 4.08. The minimum atomic E-state index is 0. The van der Waals surface area contributed by atoms with Gasteiger partial charge in [-0.25, -0.2) is 0 Å². The topological polar surface area (TPSA) is 20.3 Å². The summed E-state index contributed by atoms with van der Waals surface area (Å²) in [6, 6.07) is 13.4. The molecule has 4 heteroatoms. The van der Waals surface area contributed by atoms with Gasteiger partial charge in [-0.2, -0.15) is 0 Å². The van der Waals surface area contributed by atoms with Gasteiger partial charge < -0.3 is 4.90 Å². The van der Waals surface area contributed by atoms with Crippen molar-refractivity contribution < 1.29 is 21.9 Å². The molecule has 0 aliphatic heterocycles. The molecular weight excluding hydrogens is 406 g/mol. The molecule has 2 fully saturated rings. The summed E-state index contributed by atoms with van der Waals surface area (Å²) < 4.78 is 0. The Labute approximate surface area is 185 Å². The molecule has 1 aromatic carbocycles. The molecular formula is C24H23FeNOS+2. The van der Waals surface area contributed by atoms with Gasteiger partial charge in [0.15, 0.2) is 0 Å². The van der Waals surface area contributed by atoms with Gasteiger partial charge in [0.25, 0.3) is 0 Å². The molecule has 2 aliphatic carbocycles. The third kappa shape index (κ3) is 6.56. The van der Waals surface area contributed by atoms with Crippen LogP contribution < -0.4 is 0 Å². The van der Waals surface area contributed by atoms with E-state index < -0.39 is 0 Å². The normalized spacial score (nSPS) is 17.2. The van der Waals surface area contributed by atoms with Crippen LogP contribution in [0.15, 0.2) is 42.5 Å². The van der Waals surface area contributed by atoms with E-state index in [1.54, 1.807) is 11.3 Å². The van der Waals surface area contributed by atoms with E-state index in [-0.39, 0.29) is 22.9 Å². The summed E-state index contributed by atoms with van der Waals surface area (Å²) in [5, 5.41) is 0. The molecule has 0 unspecified atom stereocenters. The zero-order valence-corrected chi connectivity index (χ0v) is 17.9. The molecule has 142 valence electrons. The molecule has 0 bridgehead atoms. The number of hydrogen-bond donors (Lipinski definition) is 0. The summed E-state index contributed by atoms with van der Waals surface area (Å²) in [7, 11) is 4.13. The minimum Gasteiger partial charge on any atom is -0.309 e. The molecule has 0 spiro atoms. The number of carbonyl (C=O) groups is 1. The molecule has 1 heterocycles. The monoisotopic (exact) mass is 429 g/mol. The molecule has 28 heavy (non-hydrogen) atoms. The average Bonchev–Trinajstić information content (AvgIpc) is 3.43. The molecule has 0 saturated heterocycles. The van der Waals surface area contributed by atoms with Crippen LogP contribution in [0, 0.1) is 63.2 Å². The second kappa shape index (κ2) is 11.9. The van der Waals surface area contributed by atoms with E-state index in [1.165, 1.54) is 11.8 Å². The van der Waals surface area contributed by atoms with Crippen molar-refractivity contribution in [2.75, 3.05) is 20.6 Å². The summed E-state index contributed by atoms with van der Waals surface area (Å²) in [5.74, 6) is 2.62. The van der Waals surface area contributed by atoms with Crippen molar-refractivity contribution in [3.63, 3.8) is 0 Å². The Hall–Kier alpha value is -0.931. The fourth-order valence-corrected chi connectivity index (χ4v) is 3.86. The molecule has 0 N–H and O–H groups in total. The van der Waals surface area contributed by atoms with Crippen LogP contribution in [0.3, 0.4) is 0 Å². The minimum absolute atomic E-state index is 0. The first-order chi connectivity index (χ1) is 13.1. The first-order valence-electron chi connectivity index (χ1n) is 8.91. The fourth-order valence-electron chi connectivity index (χ4n) is 2.83. The standard InChI is InChI=1S/C19H18NOS.C5H5.Fe/c1-20(2)13-15-9-6-10-16(15)17-11-12-18(22-17)19(21)14-7-4-3-5-8-14;1-2-4-5-3-1;/h3-12H,13H2,1-2H3;1-5H;/q;;+2. The molecule has 2 nitrogen and oxygen atoms in total. The van der Waals surface area contributed by atoms with Crippen molar-refractivity contribution in [3.8, 4) is 0 Å². The smallest absolute Gasteiger partial charge is 0.309 e. The van der Waals surface area contributed by atoms with Crippen LogP contribution in [0.25, 0.3) is 0 Å². The molecule has 2 saturated carbocycles. The van der Waals surface area contributed by atoms with Crippen LogP contribution in [0.4, 0.5) is 0 Å². The van der Waals surface area contributed by atoms with Crippen molar-refractivity contribution in [2.24, 2.45) is 0 Å². The Balaban J connectivity index is 0.000000408. The second-order valence-electron chi connectivity index (χ2n) is 6.52. The number of nitrogens with zero attached hydrogens (tertiary/aromatic N) is 1. The van der Waals surface area contributed by atoms with Gasteiger partial charge in [-0.05, 0) is 77.6 Å². The number of hydrogen-bond acceptors (Lipinski definition) is 3. The van der Waals surface area contributed by atoms with E-state index in [9.17, 15) is 4.79 Å². The maximum Gasteiger partial charge on any atom is 2.00 e. The van der Waals surface area contributed by atoms with E-state index in [1.807, 2.05) is 68.5 Å². The molecule has 2 aromatic rings. The maximum absolute atomic E-state index is 12.5. The Morgan fingerprint density at radius 2 is 1.50 bits per heavy atom. The number of carbonyl (C=O) groups excluding carboxylic acids is 1. The van der Waals surface area contributed by atoms with Gasteiger partial charge >= 0.3 is 17.1 Å². The van der Waals surface area contributed by atoms with Crippen LogP contribution in [0.1, 0.15) is 20.1 Å².